The fourth-order valence-electron chi connectivity index (χ4n) is 6.12. The van der Waals surface area contributed by atoms with Crippen molar-refractivity contribution in [2.75, 3.05) is 19.9 Å². The Kier molecular flexibility index (Phi) is 3.79. The Morgan fingerprint density at radius 1 is 1.23 bits per heavy atom. The Bertz CT molecular complexity index is 953. The van der Waals surface area contributed by atoms with Crippen LogP contribution in [-0.2, 0) is 19.9 Å². The number of ether oxygens (including phenoxy) is 3. The quantitative estimate of drug-likeness (QED) is 0.770. The molecule has 0 radical (unpaired) electrons. The predicted octanol–water partition coefficient (Wildman–Crippen LogP) is 2.10. The van der Waals surface area contributed by atoms with Gasteiger partial charge in [0, 0.05) is 6.54 Å². The molecule has 1 aromatic rings. The Morgan fingerprint density at radius 2 is 2.03 bits per heavy atom. The van der Waals surface area contributed by atoms with Crippen LogP contribution in [0.4, 0.5) is 0 Å². The molecule has 1 saturated carbocycles. The van der Waals surface area contributed by atoms with Gasteiger partial charge in [0.05, 0.1) is 30.0 Å². The molecule has 5 aliphatic rings. The summed E-state index contributed by atoms with van der Waals surface area (Å²) in [5.41, 5.74) is -0.0376. The number of likely N-dealkylation sites (tertiary alicyclic amines) is 1. The number of nitrogens with zero attached hydrogens (tertiary/aromatic N) is 1. The standard InChI is InChI=1S/C23H26N2O5/c1-2-25-12-23-10-7-16(30-23)18(19(23)21(25)27)20(26)24-22(8-3-4-9-22)14-5-6-15-17(11-14)29-13-28-15/h5-7,10-11,16,18-19H,2-4,8-9,12-13H2,1H3,(H,24,26). The number of amides is 2. The summed E-state index contributed by atoms with van der Waals surface area (Å²) < 4.78 is 17.2. The minimum absolute atomic E-state index is 0.0352. The molecular weight excluding hydrogens is 384 g/mol. The maximum Gasteiger partial charge on any atom is 0.231 e. The van der Waals surface area contributed by atoms with Crippen LogP contribution >= 0.6 is 0 Å². The Hall–Kier alpha value is -2.54. The summed E-state index contributed by atoms with van der Waals surface area (Å²) in [5.74, 6) is 0.508. The lowest BCUT2D eigenvalue weighted by Crippen LogP contribution is -2.51. The number of carbonyl (C=O) groups is 2. The average Bonchev–Trinajstić information content (AvgIpc) is 3.55. The first-order valence-corrected chi connectivity index (χ1v) is 10.9. The van der Waals surface area contributed by atoms with E-state index in [1.54, 1.807) is 4.90 Å². The zero-order valence-electron chi connectivity index (χ0n) is 17.1. The molecule has 4 unspecified atom stereocenters. The molecule has 4 aliphatic heterocycles. The molecule has 7 heteroatoms. The summed E-state index contributed by atoms with van der Waals surface area (Å²) in [6.45, 7) is 3.37. The normalized spacial score (nSPS) is 34.6. The zero-order valence-corrected chi connectivity index (χ0v) is 17.1. The second-order valence-corrected chi connectivity index (χ2v) is 9.10. The van der Waals surface area contributed by atoms with Crippen LogP contribution in [0.2, 0.25) is 0 Å². The minimum atomic E-state index is -0.638. The molecule has 1 aliphatic carbocycles. The number of nitrogens with one attached hydrogen (secondary N) is 1. The lowest BCUT2D eigenvalue weighted by atomic mass is 9.76. The smallest absolute Gasteiger partial charge is 0.231 e. The van der Waals surface area contributed by atoms with E-state index in [0.29, 0.717) is 13.1 Å². The Labute approximate surface area is 175 Å². The minimum Gasteiger partial charge on any atom is -0.454 e. The molecule has 1 spiro atoms. The molecule has 4 atom stereocenters. The lowest BCUT2D eigenvalue weighted by Gasteiger charge is -2.34. The topological polar surface area (TPSA) is 77.1 Å². The highest BCUT2D eigenvalue weighted by Gasteiger charge is 2.66. The molecule has 158 valence electrons. The summed E-state index contributed by atoms with van der Waals surface area (Å²) in [4.78, 5) is 28.5. The van der Waals surface area contributed by atoms with E-state index in [4.69, 9.17) is 14.2 Å². The van der Waals surface area contributed by atoms with Gasteiger partial charge in [-0.3, -0.25) is 9.59 Å². The number of benzene rings is 1. The van der Waals surface area contributed by atoms with Crippen LogP contribution in [0.15, 0.2) is 30.4 Å². The van der Waals surface area contributed by atoms with Crippen molar-refractivity contribution in [1.82, 2.24) is 10.2 Å². The lowest BCUT2D eigenvalue weighted by molar-refractivity contribution is -0.138. The van der Waals surface area contributed by atoms with E-state index < -0.39 is 23.0 Å². The third-order valence-corrected chi connectivity index (χ3v) is 7.61. The largest absolute Gasteiger partial charge is 0.454 e. The summed E-state index contributed by atoms with van der Waals surface area (Å²) in [7, 11) is 0. The van der Waals surface area contributed by atoms with Crippen molar-refractivity contribution in [2.24, 2.45) is 11.8 Å². The van der Waals surface area contributed by atoms with Crippen molar-refractivity contribution in [2.45, 2.75) is 49.9 Å². The van der Waals surface area contributed by atoms with Gasteiger partial charge in [-0.2, -0.15) is 0 Å². The summed E-state index contributed by atoms with van der Waals surface area (Å²) in [5, 5.41) is 3.37. The van der Waals surface area contributed by atoms with Crippen molar-refractivity contribution in [3.63, 3.8) is 0 Å². The van der Waals surface area contributed by atoms with Crippen molar-refractivity contribution in [1.29, 1.82) is 0 Å². The first kappa shape index (κ1) is 18.2. The fraction of sp³-hybridized carbons (Fsp3) is 0.565. The van der Waals surface area contributed by atoms with Crippen molar-refractivity contribution in [3.8, 4) is 11.5 Å². The molecule has 6 rings (SSSR count). The van der Waals surface area contributed by atoms with E-state index in [2.05, 4.69) is 5.32 Å². The average molecular weight is 410 g/mol. The number of fused-ring (bicyclic) bond motifs is 2. The van der Waals surface area contributed by atoms with Gasteiger partial charge in [-0.1, -0.05) is 31.1 Å². The van der Waals surface area contributed by atoms with Gasteiger partial charge in [0.15, 0.2) is 11.5 Å². The summed E-state index contributed by atoms with van der Waals surface area (Å²) >= 11 is 0. The van der Waals surface area contributed by atoms with Crippen molar-refractivity contribution >= 4 is 11.8 Å². The molecule has 2 bridgehead atoms. The number of likely N-dealkylation sites (N-methyl/N-ethyl adjacent to an activating group) is 1. The molecule has 3 fully saturated rings. The number of hydrogen-bond donors (Lipinski definition) is 1. The van der Waals surface area contributed by atoms with Gasteiger partial charge in [-0.25, -0.2) is 0 Å². The maximum atomic E-state index is 13.6. The summed E-state index contributed by atoms with van der Waals surface area (Å²) in [6, 6.07) is 5.94. The van der Waals surface area contributed by atoms with Crippen LogP contribution in [0.25, 0.3) is 0 Å². The number of hydrogen-bond acceptors (Lipinski definition) is 5. The van der Waals surface area contributed by atoms with Crippen LogP contribution in [0.5, 0.6) is 11.5 Å². The zero-order chi connectivity index (χ0) is 20.5. The number of carbonyl (C=O) groups excluding carboxylic acids is 2. The first-order chi connectivity index (χ1) is 14.6. The summed E-state index contributed by atoms with van der Waals surface area (Å²) in [6.07, 6.45) is 7.49. The van der Waals surface area contributed by atoms with E-state index >= 15 is 0 Å². The molecule has 2 amide bonds. The highest BCUT2D eigenvalue weighted by Crippen LogP contribution is 2.52. The first-order valence-electron chi connectivity index (χ1n) is 10.9. The fourth-order valence-corrected chi connectivity index (χ4v) is 6.12. The number of rotatable bonds is 4. The van der Waals surface area contributed by atoms with Gasteiger partial charge in [0.1, 0.15) is 5.60 Å². The van der Waals surface area contributed by atoms with Crippen LogP contribution in [0, 0.1) is 11.8 Å². The van der Waals surface area contributed by atoms with Crippen LogP contribution in [0.3, 0.4) is 0 Å². The van der Waals surface area contributed by atoms with Crippen LogP contribution < -0.4 is 14.8 Å². The molecule has 1 N–H and O–H groups in total. The van der Waals surface area contributed by atoms with E-state index in [1.165, 1.54) is 0 Å². The third-order valence-electron chi connectivity index (χ3n) is 7.61. The van der Waals surface area contributed by atoms with E-state index in [0.717, 1.165) is 42.7 Å². The van der Waals surface area contributed by atoms with Crippen LogP contribution in [-0.4, -0.2) is 48.3 Å². The van der Waals surface area contributed by atoms with Gasteiger partial charge < -0.3 is 24.4 Å². The van der Waals surface area contributed by atoms with Gasteiger partial charge in [-0.05, 0) is 37.5 Å². The SMILES string of the molecule is CCN1CC23C=CC(O2)C(C(=O)NC2(c4ccc5c(c4)OCO5)CCCC2)C3C1=O. The molecule has 2 saturated heterocycles. The van der Waals surface area contributed by atoms with Crippen molar-refractivity contribution < 1.29 is 23.8 Å². The predicted molar refractivity (Wildman–Crippen MR) is 107 cm³/mol. The highest BCUT2D eigenvalue weighted by atomic mass is 16.7. The maximum absolute atomic E-state index is 13.6. The second kappa shape index (κ2) is 6.23. The molecule has 1 aromatic carbocycles. The van der Waals surface area contributed by atoms with Crippen LogP contribution in [0.1, 0.15) is 38.2 Å². The van der Waals surface area contributed by atoms with Gasteiger partial charge in [0.2, 0.25) is 18.6 Å². The van der Waals surface area contributed by atoms with Gasteiger partial charge in [0.25, 0.3) is 0 Å². The molecular formula is C23H26N2O5. The molecule has 4 heterocycles. The van der Waals surface area contributed by atoms with Crippen molar-refractivity contribution in [3.05, 3.63) is 35.9 Å². The second-order valence-electron chi connectivity index (χ2n) is 9.10. The molecule has 30 heavy (non-hydrogen) atoms. The highest BCUT2D eigenvalue weighted by molar-refractivity contribution is 5.93. The Balaban J connectivity index is 1.31. The Morgan fingerprint density at radius 3 is 2.83 bits per heavy atom. The van der Waals surface area contributed by atoms with E-state index in [-0.39, 0.29) is 24.7 Å². The van der Waals surface area contributed by atoms with E-state index in [1.807, 2.05) is 37.3 Å². The van der Waals surface area contributed by atoms with Gasteiger partial charge in [-0.15, -0.1) is 0 Å². The third kappa shape index (κ3) is 2.35. The monoisotopic (exact) mass is 410 g/mol. The van der Waals surface area contributed by atoms with E-state index in [9.17, 15) is 9.59 Å². The molecule has 7 nitrogen and oxygen atoms in total. The van der Waals surface area contributed by atoms with Gasteiger partial charge >= 0.3 is 0 Å². The molecule has 0 aromatic heterocycles.